The van der Waals surface area contributed by atoms with Gasteiger partial charge in [-0.2, -0.15) is 0 Å². The van der Waals surface area contributed by atoms with E-state index in [9.17, 15) is 14.9 Å². The SMILES string of the molecule is O=C1NCCNC1c1ccccc1[N+](=O)[O-]. The molecule has 6 nitrogen and oxygen atoms in total. The summed E-state index contributed by atoms with van der Waals surface area (Å²) in [7, 11) is 0. The van der Waals surface area contributed by atoms with Crippen LogP contribution in [0.2, 0.25) is 0 Å². The molecule has 0 aromatic heterocycles. The zero-order valence-corrected chi connectivity index (χ0v) is 8.47. The summed E-state index contributed by atoms with van der Waals surface area (Å²) in [4.78, 5) is 21.9. The van der Waals surface area contributed by atoms with Crippen molar-refractivity contribution in [2.24, 2.45) is 0 Å². The second-order valence-corrected chi connectivity index (χ2v) is 3.49. The van der Waals surface area contributed by atoms with Crippen molar-refractivity contribution in [1.82, 2.24) is 10.6 Å². The number of para-hydroxylation sites is 1. The third-order valence-electron chi connectivity index (χ3n) is 2.48. The molecule has 1 amide bonds. The lowest BCUT2D eigenvalue weighted by Gasteiger charge is -2.23. The number of nitro groups is 1. The zero-order chi connectivity index (χ0) is 11.5. The summed E-state index contributed by atoms with van der Waals surface area (Å²) < 4.78 is 0. The van der Waals surface area contributed by atoms with Crippen LogP contribution in [-0.2, 0) is 4.79 Å². The van der Waals surface area contributed by atoms with Crippen LogP contribution in [0.25, 0.3) is 0 Å². The number of nitro benzene ring substituents is 1. The second kappa shape index (κ2) is 4.28. The highest BCUT2D eigenvalue weighted by Gasteiger charge is 2.28. The van der Waals surface area contributed by atoms with Crippen LogP contribution >= 0.6 is 0 Å². The molecule has 1 saturated heterocycles. The van der Waals surface area contributed by atoms with E-state index in [0.717, 1.165) is 0 Å². The van der Waals surface area contributed by atoms with Crippen LogP contribution in [0.1, 0.15) is 11.6 Å². The van der Waals surface area contributed by atoms with Gasteiger partial charge in [0.2, 0.25) is 5.91 Å². The number of benzene rings is 1. The van der Waals surface area contributed by atoms with Gasteiger partial charge in [0.25, 0.3) is 5.69 Å². The molecule has 2 N–H and O–H groups in total. The first-order valence-corrected chi connectivity index (χ1v) is 4.94. The first-order chi connectivity index (χ1) is 7.70. The lowest BCUT2D eigenvalue weighted by atomic mass is 10.0. The van der Waals surface area contributed by atoms with Crippen molar-refractivity contribution in [2.45, 2.75) is 6.04 Å². The van der Waals surface area contributed by atoms with Crippen LogP contribution in [0.4, 0.5) is 5.69 Å². The van der Waals surface area contributed by atoms with E-state index in [2.05, 4.69) is 10.6 Å². The average molecular weight is 221 g/mol. The Morgan fingerprint density at radius 2 is 2.06 bits per heavy atom. The highest BCUT2D eigenvalue weighted by Crippen LogP contribution is 2.25. The Bertz CT molecular complexity index is 433. The van der Waals surface area contributed by atoms with Gasteiger partial charge in [0.1, 0.15) is 6.04 Å². The van der Waals surface area contributed by atoms with E-state index in [1.165, 1.54) is 6.07 Å². The van der Waals surface area contributed by atoms with Crippen molar-refractivity contribution in [1.29, 1.82) is 0 Å². The maximum Gasteiger partial charge on any atom is 0.274 e. The van der Waals surface area contributed by atoms with Gasteiger partial charge >= 0.3 is 0 Å². The van der Waals surface area contributed by atoms with Gasteiger partial charge in [-0.3, -0.25) is 14.9 Å². The van der Waals surface area contributed by atoms with Crippen LogP contribution in [0.3, 0.4) is 0 Å². The summed E-state index contributed by atoms with van der Waals surface area (Å²) in [5.41, 5.74) is 0.377. The Morgan fingerprint density at radius 3 is 2.75 bits per heavy atom. The first-order valence-electron chi connectivity index (χ1n) is 4.94. The van der Waals surface area contributed by atoms with Gasteiger partial charge < -0.3 is 10.6 Å². The minimum absolute atomic E-state index is 0.0305. The van der Waals surface area contributed by atoms with Gasteiger partial charge in [0.05, 0.1) is 10.5 Å². The van der Waals surface area contributed by atoms with Gasteiger partial charge in [-0.05, 0) is 0 Å². The predicted octanol–water partition coefficient (Wildman–Crippen LogP) is 0.355. The Morgan fingerprint density at radius 1 is 1.31 bits per heavy atom. The fourth-order valence-corrected chi connectivity index (χ4v) is 1.75. The predicted molar refractivity (Wildman–Crippen MR) is 56.8 cm³/mol. The molecule has 1 aromatic rings. The van der Waals surface area contributed by atoms with E-state index in [1.54, 1.807) is 18.2 Å². The third-order valence-corrected chi connectivity index (χ3v) is 2.48. The van der Waals surface area contributed by atoms with Crippen LogP contribution < -0.4 is 10.6 Å². The lowest BCUT2D eigenvalue weighted by molar-refractivity contribution is -0.385. The molecule has 0 bridgehead atoms. The van der Waals surface area contributed by atoms with Crippen molar-refractivity contribution >= 4 is 11.6 Å². The molecule has 0 radical (unpaired) electrons. The lowest BCUT2D eigenvalue weighted by Crippen LogP contribution is -2.47. The number of hydrogen-bond acceptors (Lipinski definition) is 4. The molecule has 16 heavy (non-hydrogen) atoms. The minimum Gasteiger partial charge on any atom is -0.353 e. The minimum atomic E-state index is -0.629. The molecule has 6 heteroatoms. The Labute approximate surface area is 91.8 Å². The van der Waals surface area contributed by atoms with E-state index >= 15 is 0 Å². The highest BCUT2D eigenvalue weighted by atomic mass is 16.6. The summed E-state index contributed by atoms with van der Waals surface area (Å²) in [6, 6.07) is 5.64. The molecule has 1 fully saturated rings. The molecular formula is C10H11N3O3. The summed E-state index contributed by atoms with van der Waals surface area (Å²) in [5, 5.41) is 16.5. The Hall–Kier alpha value is -1.95. The third kappa shape index (κ3) is 1.87. The van der Waals surface area contributed by atoms with E-state index < -0.39 is 11.0 Å². The Balaban J connectivity index is 2.38. The quantitative estimate of drug-likeness (QED) is 0.557. The maximum absolute atomic E-state index is 11.6. The maximum atomic E-state index is 11.6. The van der Waals surface area contributed by atoms with Gasteiger partial charge in [-0.15, -0.1) is 0 Å². The van der Waals surface area contributed by atoms with Crippen LogP contribution in [0.5, 0.6) is 0 Å². The summed E-state index contributed by atoms with van der Waals surface area (Å²) >= 11 is 0. The van der Waals surface area contributed by atoms with E-state index in [-0.39, 0.29) is 11.6 Å². The smallest absolute Gasteiger partial charge is 0.274 e. The van der Waals surface area contributed by atoms with Crippen LogP contribution in [-0.4, -0.2) is 23.9 Å². The number of hydrogen-bond donors (Lipinski definition) is 2. The fourth-order valence-electron chi connectivity index (χ4n) is 1.75. The van der Waals surface area contributed by atoms with Crippen molar-refractivity contribution in [3.05, 3.63) is 39.9 Å². The molecule has 0 spiro atoms. The van der Waals surface area contributed by atoms with Crippen LogP contribution in [0.15, 0.2) is 24.3 Å². The number of nitrogens with one attached hydrogen (secondary N) is 2. The molecule has 1 unspecified atom stereocenters. The summed E-state index contributed by atoms with van der Waals surface area (Å²) in [6.45, 7) is 1.17. The Kier molecular flexibility index (Phi) is 2.82. The molecule has 84 valence electrons. The first kappa shape index (κ1) is 10.6. The van der Waals surface area contributed by atoms with Crippen molar-refractivity contribution < 1.29 is 9.72 Å². The average Bonchev–Trinajstić information content (AvgIpc) is 2.29. The van der Waals surface area contributed by atoms with E-state index in [1.807, 2.05) is 0 Å². The van der Waals surface area contributed by atoms with Crippen molar-refractivity contribution in [2.75, 3.05) is 13.1 Å². The van der Waals surface area contributed by atoms with Crippen molar-refractivity contribution in [3.63, 3.8) is 0 Å². The van der Waals surface area contributed by atoms with E-state index in [0.29, 0.717) is 18.7 Å². The van der Waals surface area contributed by atoms with Gasteiger partial charge in [0, 0.05) is 19.2 Å². The zero-order valence-electron chi connectivity index (χ0n) is 8.47. The van der Waals surface area contributed by atoms with Gasteiger partial charge in [0.15, 0.2) is 0 Å². The number of rotatable bonds is 2. The molecule has 0 aliphatic carbocycles. The van der Waals surface area contributed by atoms with Crippen molar-refractivity contribution in [3.8, 4) is 0 Å². The molecule has 0 saturated carbocycles. The monoisotopic (exact) mass is 221 g/mol. The largest absolute Gasteiger partial charge is 0.353 e. The van der Waals surface area contributed by atoms with Gasteiger partial charge in [-0.1, -0.05) is 18.2 Å². The molecule has 1 aliphatic heterocycles. The number of amides is 1. The molecule has 1 heterocycles. The summed E-state index contributed by atoms with van der Waals surface area (Å²) in [6.07, 6.45) is 0. The molecular weight excluding hydrogens is 210 g/mol. The fraction of sp³-hybridized carbons (Fsp3) is 0.300. The molecule has 1 aromatic carbocycles. The van der Waals surface area contributed by atoms with E-state index in [4.69, 9.17) is 0 Å². The second-order valence-electron chi connectivity index (χ2n) is 3.49. The normalized spacial score (nSPS) is 20.2. The summed E-state index contributed by atoms with van der Waals surface area (Å²) in [5.74, 6) is -0.222. The highest BCUT2D eigenvalue weighted by molar-refractivity contribution is 5.85. The standard InChI is InChI=1S/C10H11N3O3/c14-10-9(11-5-6-12-10)7-3-1-2-4-8(7)13(15)16/h1-4,9,11H,5-6H2,(H,12,14). The number of nitrogens with zero attached hydrogens (tertiary/aromatic N) is 1. The van der Waals surface area contributed by atoms with Crippen LogP contribution in [0, 0.1) is 10.1 Å². The number of carbonyl (C=O) groups is 1. The van der Waals surface area contributed by atoms with Gasteiger partial charge in [-0.25, -0.2) is 0 Å². The number of piperazine rings is 1. The molecule has 1 atom stereocenters. The number of carbonyl (C=O) groups excluding carboxylic acids is 1. The topological polar surface area (TPSA) is 84.3 Å². The molecule has 1 aliphatic rings. The molecule has 2 rings (SSSR count).